The van der Waals surface area contributed by atoms with E-state index in [1.807, 2.05) is 0 Å². The summed E-state index contributed by atoms with van der Waals surface area (Å²) in [5, 5.41) is 3.49. The Morgan fingerprint density at radius 3 is 2.90 bits per heavy atom. The molecule has 0 amide bonds. The Hall–Kier alpha value is 0.270. The molecule has 0 aliphatic carbocycles. The quantitative estimate of drug-likeness (QED) is 0.623. The van der Waals surface area contributed by atoms with Crippen molar-refractivity contribution >= 4 is 11.8 Å². The molecule has 0 spiro atoms. The van der Waals surface area contributed by atoms with E-state index in [9.17, 15) is 0 Å². The third-order valence-corrected chi connectivity index (χ3v) is 2.71. The van der Waals surface area contributed by atoms with E-state index in [0.29, 0.717) is 6.04 Å². The predicted octanol–water partition coefficient (Wildman–Crippen LogP) is 0.253. The molecule has 1 rings (SSSR count). The van der Waals surface area contributed by atoms with Crippen molar-refractivity contribution in [1.82, 2.24) is 10.2 Å². The van der Waals surface area contributed by atoms with Crippen LogP contribution < -0.4 is 5.32 Å². The molecule has 0 aromatic rings. The van der Waals surface area contributed by atoms with E-state index in [-0.39, 0.29) is 0 Å². The third kappa shape index (κ3) is 2.90. The first-order valence-electron chi connectivity index (χ1n) is 3.75. The molecule has 10 heavy (non-hydrogen) atoms. The molecule has 1 N–H and O–H groups in total. The Kier molecular flexibility index (Phi) is 3.52. The Bertz CT molecular complexity index is 89.6. The smallest absolute Gasteiger partial charge is 0.0285 e. The van der Waals surface area contributed by atoms with Crippen LogP contribution in [0.25, 0.3) is 0 Å². The van der Waals surface area contributed by atoms with Crippen LogP contribution in [0, 0.1) is 0 Å². The van der Waals surface area contributed by atoms with Gasteiger partial charge in [-0.05, 0) is 14.1 Å². The molecule has 0 saturated carbocycles. The topological polar surface area (TPSA) is 15.3 Å². The van der Waals surface area contributed by atoms with Gasteiger partial charge >= 0.3 is 0 Å². The summed E-state index contributed by atoms with van der Waals surface area (Å²) >= 11 is 2.06. The van der Waals surface area contributed by atoms with Gasteiger partial charge in [-0.2, -0.15) is 11.8 Å². The molecule has 1 atom stereocenters. The van der Waals surface area contributed by atoms with Crippen molar-refractivity contribution in [2.45, 2.75) is 6.04 Å². The summed E-state index contributed by atoms with van der Waals surface area (Å²) < 4.78 is 0. The van der Waals surface area contributed by atoms with Crippen LogP contribution in [0.3, 0.4) is 0 Å². The fourth-order valence-electron chi connectivity index (χ4n) is 1.18. The Morgan fingerprint density at radius 2 is 2.40 bits per heavy atom. The molecule has 1 aliphatic heterocycles. The molecule has 0 radical (unpaired) electrons. The van der Waals surface area contributed by atoms with Crippen LogP contribution in [0.1, 0.15) is 0 Å². The van der Waals surface area contributed by atoms with Gasteiger partial charge in [-0.1, -0.05) is 0 Å². The average Bonchev–Trinajstić information content (AvgIpc) is 1.88. The zero-order valence-corrected chi connectivity index (χ0v) is 7.58. The third-order valence-electron chi connectivity index (χ3n) is 1.58. The van der Waals surface area contributed by atoms with Crippen molar-refractivity contribution in [2.24, 2.45) is 0 Å². The second-order valence-corrected chi connectivity index (χ2v) is 4.14. The van der Waals surface area contributed by atoms with Crippen molar-refractivity contribution in [3.05, 3.63) is 0 Å². The molecule has 0 aromatic heterocycles. The van der Waals surface area contributed by atoms with E-state index in [4.69, 9.17) is 0 Å². The predicted molar refractivity (Wildman–Crippen MR) is 47.7 cm³/mol. The highest BCUT2D eigenvalue weighted by Gasteiger charge is 2.12. The highest BCUT2D eigenvalue weighted by atomic mass is 32.2. The van der Waals surface area contributed by atoms with E-state index < -0.39 is 0 Å². The van der Waals surface area contributed by atoms with E-state index in [2.05, 4.69) is 36.1 Å². The number of rotatable bonds is 2. The second-order valence-electron chi connectivity index (χ2n) is 2.99. The summed E-state index contributed by atoms with van der Waals surface area (Å²) in [5.74, 6) is 2.56. The zero-order valence-electron chi connectivity index (χ0n) is 6.76. The molecule has 2 nitrogen and oxygen atoms in total. The number of nitrogens with one attached hydrogen (secondary N) is 1. The van der Waals surface area contributed by atoms with Gasteiger partial charge in [0, 0.05) is 30.6 Å². The number of hydrogen-bond acceptors (Lipinski definition) is 3. The minimum Gasteiger partial charge on any atom is -0.311 e. The highest BCUT2D eigenvalue weighted by molar-refractivity contribution is 7.99. The molecule has 1 aliphatic rings. The first-order chi connectivity index (χ1) is 4.79. The van der Waals surface area contributed by atoms with Crippen molar-refractivity contribution in [2.75, 3.05) is 38.7 Å². The molecule has 0 aromatic carbocycles. The number of thioether (sulfide) groups is 1. The Morgan fingerprint density at radius 1 is 1.60 bits per heavy atom. The van der Waals surface area contributed by atoms with Gasteiger partial charge in [0.15, 0.2) is 0 Å². The summed E-state index contributed by atoms with van der Waals surface area (Å²) in [6, 6.07) is 0.716. The maximum absolute atomic E-state index is 3.49. The largest absolute Gasteiger partial charge is 0.311 e. The Balaban J connectivity index is 2.13. The SMILES string of the molecule is CN(C)CC1CSCCN1. The lowest BCUT2D eigenvalue weighted by molar-refractivity contribution is 0.354. The molecular weight excluding hydrogens is 144 g/mol. The van der Waals surface area contributed by atoms with Gasteiger partial charge in [0.2, 0.25) is 0 Å². The molecule has 3 heteroatoms. The van der Waals surface area contributed by atoms with Crippen molar-refractivity contribution in [1.29, 1.82) is 0 Å². The van der Waals surface area contributed by atoms with E-state index in [1.165, 1.54) is 24.6 Å². The first-order valence-corrected chi connectivity index (χ1v) is 4.90. The lowest BCUT2D eigenvalue weighted by Crippen LogP contribution is -2.43. The van der Waals surface area contributed by atoms with Crippen LogP contribution in [0.2, 0.25) is 0 Å². The first kappa shape index (κ1) is 8.37. The number of hydrogen-bond donors (Lipinski definition) is 1. The molecule has 1 fully saturated rings. The molecule has 1 unspecified atom stereocenters. The Labute approximate surface area is 67.4 Å². The maximum Gasteiger partial charge on any atom is 0.0285 e. The van der Waals surface area contributed by atoms with Crippen molar-refractivity contribution in [3.63, 3.8) is 0 Å². The standard InChI is InChI=1S/C7H16N2S/c1-9(2)5-7-6-10-4-3-8-7/h7-8H,3-6H2,1-2H3. The monoisotopic (exact) mass is 160 g/mol. The van der Waals surface area contributed by atoms with Gasteiger partial charge in [-0.3, -0.25) is 0 Å². The molecule has 1 heterocycles. The summed E-state index contributed by atoms with van der Waals surface area (Å²) in [6.45, 7) is 2.36. The van der Waals surface area contributed by atoms with Crippen LogP contribution in [0.15, 0.2) is 0 Å². The van der Waals surface area contributed by atoms with Crippen LogP contribution >= 0.6 is 11.8 Å². The molecule has 60 valence electrons. The maximum atomic E-state index is 3.49. The van der Waals surface area contributed by atoms with Crippen molar-refractivity contribution < 1.29 is 0 Å². The minimum atomic E-state index is 0.716. The van der Waals surface area contributed by atoms with Gasteiger partial charge in [0.05, 0.1) is 0 Å². The van der Waals surface area contributed by atoms with Crippen LogP contribution in [0.4, 0.5) is 0 Å². The van der Waals surface area contributed by atoms with Gasteiger partial charge in [-0.15, -0.1) is 0 Å². The fraction of sp³-hybridized carbons (Fsp3) is 1.00. The second kappa shape index (κ2) is 4.21. The van der Waals surface area contributed by atoms with E-state index in [1.54, 1.807) is 0 Å². The highest BCUT2D eigenvalue weighted by Crippen LogP contribution is 2.07. The van der Waals surface area contributed by atoms with Crippen LogP contribution in [0.5, 0.6) is 0 Å². The lowest BCUT2D eigenvalue weighted by Gasteiger charge is -2.25. The number of nitrogens with zero attached hydrogens (tertiary/aromatic N) is 1. The van der Waals surface area contributed by atoms with E-state index >= 15 is 0 Å². The van der Waals surface area contributed by atoms with Gasteiger partial charge in [0.1, 0.15) is 0 Å². The van der Waals surface area contributed by atoms with Gasteiger partial charge < -0.3 is 10.2 Å². The summed E-state index contributed by atoms with van der Waals surface area (Å²) in [7, 11) is 4.25. The lowest BCUT2D eigenvalue weighted by atomic mass is 10.3. The molecule has 1 saturated heterocycles. The normalized spacial score (nSPS) is 27.3. The fourth-order valence-corrected chi connectivity index (χ4v) is 2.11. The van der Waals surface area contributed by atoms with E-state index in [0.717, 1.165) is 0 Å². The summed E-state index contributed by atoms with van der Waals surface area (Å²) in [4.78, 5) is 2.24. The van der Waals surface area contributed by atoms with Crippen molar-refractivity contribution in [3.8, 4) is 0 Å². The van der Waals surface area contributed by atoms with Gasteiger partial charge in [0.25, 0.3) is 0 Å². The summed E-state index contributed by atoms with van der Waals surface area (Å²) in [5.41, 5.74) is 0. The average molecular weight is 160 g/mol. The minimum absolute atomic E-state index is 0.716. The van der Waals surface area contributed by atoms with Crippen LogP contribution in [-0.2, 0) is 0 Å². The van der Waals surface area contributed by atoms with Crippen LogP contribution in [-0.4, -0.2) is 49.6 Å². The number of likely N-dealkylation sites (N-methyl/N-ethyl adjacent to an activating group) is 1. The van der Waals surface area contributed by atoms with Gasteiger partial charge in [-0.25, -0.2) is 0 Å². The molecular formula is C7H16N2S. The summed E-state index contributed by atoms with van der Waals surface area (Å²) in [6.07, 6.45) is 0. The molecule has 0 bridgehead atoms. The zero-order chi connectivity index (χ0) is 7.40.